The van der Waals surface area contributed by atoms with Gasteiger partial charge < -0.3 is 10.1 Å². The Morgan fingerprint density at radius 1 is 0.900 bits per heavy atom. The van der Waals surface area contributed by atoms with Gasteiger partial charge in [-0.1, -0.05) is 48.0 Å². The van der Waals surface area contributed by atoms with E-state index in [9.17, 15) is 0 Å². The highest BCUT2D eigenvalue weighted by atomic mass is 35.5. The first-order valence-electron chi connectivity index (χ1n) is 6.77. The van der Waals surface area contributed by atoms with Crippen molar-refractivity contribution in [2.24, 2.45) is 0 Å². The number of halogens is 1. The van der Waals surface area contributed by atoms with Crippen LogP contribution >= 0.6 is 11.6 Å². The van der Waals surface area contributed by atoms with E-state index in [4.69, 9.17) is 16.3 Å². The van der Waals surface area contributed by atoms with Crippen LogP contribution in [0.15, 0.2) is 48.5 Å². The highest BCUT2D eigenvalue weighted by Crippen LogP contribution is 2.28. The lowest BCUT2D eigenvalue weighted by Crippen LogP contribution is -2.23. The first-order valence-corrected chi connectivity index (χ1v) is 7.14. The Morgan fingerprint density at radius 2 is 1.45 bits per heavy atom. The molecular formula is C17H20ClNO. The van der Waals surface area contributed by atoms with E-state index in [1.165, 1.54) is 0 Å². The molecule has 0 saturated heterocycles. The maximum atomic E-state index is 6.24. The number of rotatable bonds is 5. The Balaban J connectivity index is 2.15. The molecule has 0 fully saturated rings. The van der Waals surface area contributed by atoms with Crippen LogP contribution in [0.1, 0.15) is 37.1 Å². The number of hydrogen-bond donors (Lipinski definition) is 1. The van der Waals surface area contributed by atoms with Crippen LogP contribution < -0.4 is 10.1 Å². The Kier molecular flexibility index (Phi) is 5.05. The van der Waals surface area contributed by atoms with Gasteiger partial charge in [0.1, 0.15) is 5.75 Å². The maximum Gasteiger partial charge on any atom is 0.123 e. The van der Waals surface area contributed by atoms with Crippen molar-refractivity contribution in [2.45, 2.75) is 25.9 Å². The van der Waals surface area contributed by atoms with E-state index in [0.29, 0.717) is 0 Å². The summed E-state index contributed by atoms with van der Waals surface area (Å²) in [7, 11) is 1.70. The molecule has 1 unspecified atom stereocenters. The molecule has 0 bridgehead atoms. The summed E-state index contributed by atoms with van der Waals surface area (Å²) in [6.07, 6.45) is 0. The number of ether oxygens (including phenoxy) is 1. The van der Waals surface area contributed by atoms with Crippen molar-refractivity contribution >= 4 is 11.6 Å². The normalized spacial score (nSPS) is 13.8. The third-order valence-electron chi connectivity index (χ3n) is 3.48. The van der Waals surface area contributed by atoms with Gasteiger partial charge in [0.2, 0.25) is 0 Å². The standard InChI is InChI=1S/C17H20ClNO/c1-12(14-8-4-6-10-16(14)18)19-13(2)15-9-5-7-11-17(15)20-3/h4-13,19H,1-3H3/t12-,13?/m0/s1. The number of nitrogens with one attached hydrogen (secondary N) is 1. The van der Waals surface area contributed by atoms with Crippen LogP contribution in [0, 0.1) is 0 Å². The molecule has 2 nitrogen and oxygen atoms in total. The average molecular weight is 290 g/mol. The summed E-state index contributed by atoms with van der Waals surface area (Å²) in [6.45, 7) is 4.25. The molecule has 0 amide bonds. The summed E-state index contributed by atoms with van der Waals surface area (Å²) in [5, 5.41) is 4.35. The van der Waals surface area contributed by atoms with Crippen LogP contribution in [0.2, 0.25) is 5.02 Å². The van der Waals surface area contributed by atoms with Crippen LogP contribution in [0.3, 0.4) is 0 Å². The van der Waals surface area contributed by atoms with E-state index in [2.05, 4.69) is 31.3 Å². The van der Waals surface area contributed by atoms with Crippen molar-refractivity contribution in [1.82, 2.24) is 5.32 Å². The van der Waals surface area contributed by atoms with Gasteiger partial charge in [0, 0.05) is 22.7 Å². The van der Waals surface area contributed by atoms with Gasteiger partial charge in [0.15, 0.2) is 0 Å². The molecular weight excluding hydrogens is 270 g/mol. The Hall–Kier alpha value is -1.51. The summed E-state index contributed by atoms with van der Waals surface area (Å²) in [4.78, 5) is 0. The SMILES string of the molecule is COc1ccccc1C(C)N[C@@H](C)c1ccccc1Cl. The number of benzene rings is 2. The zero-order valence-electron chi connectivity index (χ0n) is 12.1. The predicted octanol–water partition coefficient (Wildman–Crippen LogP) is 4.76. The molecule has 0 spiro atoms. The summed E-state index contributed by atoms with van der Waals surface area (Å²) in [5.74, 6) is 0.902. The molecule has 0 heterocycles. The molecule has 2 rings (SSSR count). The Labute approximate surface area is 125 Å². The topological polar surface area (TPSA) is 21.3 Å². The smallest absolute Gasteiger partial charge is 0.123 e. The highest BCUT2D eigenvalue weighted by molar-refractivity contribution is 6.31. The molecule has 1 N–H and O–H groups in total. The molecule has 2 atom stereocenters. The van der Waals surface area contributed by atoms with Crippen molar-refractivity contribution < 1.29 is 4.74 Å². The van der Waals surface area contributed by atoms with Crippen LogP contribution in [0.5, 0.6) is 5.75 Å². The molecule has 2 aromatic carbocycles. The molecule has 0 radical (unpaired) electrons. The van der Waals surface area contributed by atoms with E-state index >= 15 is 0 Å². The molecule has 0 aliphatic rings. The second-order valence-electron chi connectivity index (χ2n) is 4.87. The lowest BCUT2D eigenvalue weighted by atomic mass is 10.0. The zero-order valence-corrected chi connectivity index (χ0v) is 12.8. The van der Waals surface area contributed by atoms with Crippen molar-refractivity contribution in [1.29, 1.82) is 0 Å². The number of methoxy groups -OCH3 is 1. The predicted molar refractivity (Wildman–Crippen MR) is 84.4 cm³/mol. The largest absolute Gasteiger partial charge is 0.496 e. The van der Waals surface area contributed by atoms with Crippen LogP contribution in [0.25, 0.3) is 0 Å². The number of para-hydroxylation sites is 1. The molecule has 0 saturated carbocycles. The van der Waals surface area contributed by atoms with Gasteiger partial charge in [-0.3, -0.25) is 0 Å². The van der Waals surface area contributed by atoms with Gasteiger partial charge in [0.05, 0.1) is 7.11 Å². The fourth-order valence-corrected chi connectivity index (χ4v) is 2.70. The minimum absolute atomic E-state index is 0.170. The fraction of sp³-hybridized carbons (Fsp3) is 0.294. The van der Waals surface area contributed by atoms with E-state index in [1.807, 2.05) is 36.4 Å². The molecule has 3 heteroatoms. The third kappa shape index (κ3) is 3.33. The average Bonchev–Trinajstić information content (AvgIpc) is 2.47. The molecule has 0 aromatic heterocycles. The van der Waals surface area contributed by atoms with Crippen molar-refractivity contribution in [3.63, 3.8) is 0 Å². The fourth-order valence-electron chi connectivity index (χ4n) is 2.40. The van der Waals surface area contributed by atoms with Gasteiger partial charge in [-0.15, -0.1) is 0 Å². The molecule has 0 aliphatic heterocycles. The minimum atomic E-state index is 0.170. The van der Waals surface area contributed by atoms with Gasteiger partial charge >= 0.3 is 0 Å². The lowest BCUT2D eigenvalue weighted by Gasteiger charge is -2.23. The second kappa shape index (κ2) is 6.78. The maximum absolute atomic E-state index is 6.24. The highest BCUT2D eigenvalue weighted by Gasteiger charge is 2.15. The van der Waals surface area contributed by atoms with Crippen LogP contribution in [-0.2, 0) is 0 Å². The lowest BCUT2D eigenvalue weighted by molar-refractivity contribution is 0.396. The monoisotopic (exact) mass is 289 g/mol. The van der Waals surface area contributed by atoms with Crippen molar-refractivity contribution in [3.8, 4) is 5.75 Å². The summed E-state index contributed by atoms with van der Waals surface area (Å²) >= 11 is 6.24. The molecule has 2 aromatic rings. The summed E-state index contributed by atoms with van der Waals surface area (Å²) in [6, 6.07) is 16.3. The van der Waals surface area contributed by atoms with Gasteiger partial charge in [-0.2, -0.15) is 0 Å². The van der Waals surface area contributed by atoms with E-state index in [1.54, 1.807) is 7.11 Å². The van der Waals surface area contributed by atoms with Crippen molar-refractivity contribution in [2.75, 3.05) is 7.11 Å². The minimum Gasteiger partial charge on any atom is -0.496 e. The quantitative estimate of drug-likeness (QED) is 0.857. The zero-order chi connectivity index (χ0) is 14.5. The Bertz CT molecular complexity index is 570. The Morgan fingerprint density at radius 3 is 2.10 bits per heavy atom. The third-order valence-corrected chi connectivity index (χ3v) is 3.82. The van der Waals surface area contributed by atoms with Crippen LogP contribution in [-0.4, -0.2) is 7.11 Å². The molecule has 106 valence electrons. The van der Waals surface area contributed by atoms with Gasteiger partial charge in [-0.25, -0.2) is 0 Å². The number of hydrogen-bond acceptors (Lipinski definition) is 2. The van der Waals surface area contributed by atoms with Crippen LogP contribution in [0.4, 0.5) is 0 Å². The summed E-state index contributed by atoms with van der Waals surface area (Å²) < 4.78 is 5.41. The van der Waals surface area contributed by atoms with E-state index in [0.717, 1.165) is 21.9 Å². The van der Waals surface area contributed by atoms with E-state index < -0.39 is 0 Å². The van der Waals surface area contributed by atoms with Gasteiger partial charge in [-0.05, 0) is 31.5 Å². The molecule has 0 aliphatic carbocycles. The first kappa shape index (κ1) is 14.9. The van der Waals surface area contributed by atoms with Gasteiger partial charge in [0.25, 0.3) is 0 Å². The first-order chi connectivity index (χ1) is 9.63. The molecule has 20 heavy (non-hydrogen) atoms. The van der Waals surface area contributed by atoms with Crippen molar-refractivity contribution in [3.05, 3.63) is 64.7 Å². The summed E-state index contributed by atoms with van der Waals surface area (Å²) in [5.41, 5.74) is 2.25. The second-order valence-corrected chi connectivity index (χ2v) is 5.28. The van der Waals surface area contributed by atoms with E-state index in [-0.39, 0.29) is 12.1 Å².